The van der Waals surface area contributed by atoms with Crippen molar-refractivity contribution in [1.29, 1.82) is 0 Å². The molecule has 2 rings (SSSR count). The van der Waals surface area contributed by atoms with Crippen LogP contribution in [0.3, 0.4) is 0 Å². The Morgan fingerprint density at radius 1 is 0.962 bits per heavy atom. The van der Waals surface area contributed by atoms with Gasteiger partial charge < -0.3 is 4.74 Å². The molecule has 1 atom stereocenters. The highest BCUT2D eigenvalue weighted by molar-refractivity contribution is 5.75. The van der Waals surface area contributed by atoms with Crippen LogP contribution in [-0.4, -0.2) is 30.6 Å². The predicted octanol–water partition coefficient (Wildman–Crippen LogP) is 3.39. The average molecular weight is 355 g/mol. The molecule has 0 aliphatic heterocycles. The molecule has 0 bridgehead atoms. The number of methoxy groups -OCH3 is 1. The molecule has 0 heterocycles. The first kappa shape index (κ1) is 19.7. The van der Waals surface area contributed by atoms with E-state index in [0.29, 0.717) is 6.42 Å². The van der Waals surface area contributed by atoms with E-state index in [4.69, 9.17) is 9.57 Å². The Morgan fingerprint density at radius 3 is 2.08 bits per heavy atom. The number of ether oxygens (including phenoxy) is 1. The van der Waals surface area contributed by atoms with E-state index < -0.39 is 5.92 Å². The Labute approximate surface area is 154 Å². The van der Waals surface area contributed by atoms with Gasteiger partial charge in [0.05, 0.1) is 19.6 Å². The van der Waals surface area contributed by atoms with Gasteiger partial charge in [-0.3, -0.25) is 14.4 Å². The average Bonchev–Trinajstić information content (AvgIpc) is 2.68. The first-order valence-corrected chi connectivity index (χ1v) is 8.67. The maximum Gasteiger partial charge on any atom is 0.310 e. The van der Waals surface area contributed by atoms with Crippen LogP contribution in [0.1, 0.15) is 24.5 Å². The van der Waals surface area contributed by atoms with Crippen molar-refractivity contribution in [3.05, 3.63) is 71.8 Å². The summed E-state index contributed by atoms with van der Waals surface area (Å²) in [4.78, 5) is 29.7. The predicted molar refractivity (Wildman–Crippen MR) is 98.9 cm³/mol. The standard InChI is InChI=1S/C21H25NO4/c1-17(23)22(26-16-19-11-7-4-8-12-19)15-20(21(24)25-2)14-13-18-9-5-3-6-10-18/h3-12,20H,13-16H2,1-2H3. The lowest BCUT2D eigenvalue weighted by Crippen LogP contribution is -2.37. The fourth-order valence-electron chi connectivity index (χ4n) is 2.63. The largest absolute Gasteiger partial charge is 0.469 e. The van der Waals surface area contributed by atoms with Crippen LogP contribution in [0.2, 0.25) is 0 Å². The minimum atomic E-state index is -0.445. The van der Waals surface area contributed by atoms with Gasteiger partial charge in [0.2, 0.25) is 5.91 Å². The zero-order valence-electron chi connectivity index (χ0n) is 15.3. The molecule has 2 aromatic rings. The molecule has 0 saturated carbocycles. The van der Waals surface area contributed by atoms with E-state index in [1.807, 2.05) is 60.7 Å². The molecule has 5 nitrogen and oxygen atoms in total. The second-order valence-electron chi connectivity index (χ2n) is 6.08. The Kier molecular flexibility index (Phi) is 7.83. The third-order valence-corrected chi connectivity index (χ3v) is 4.13. The summed E-state index contributed by atoms with van der Waals surface area (Å²) in [7, 11) is 1.36. The van der Waals surface area contributed by atoms with Crippen molar-refractivity contribution in [1.82, 2.24) is 5.06 Å². The summed E-state index contributed by atoms with van der Waals surface area (Å²) in [5, 5.41) is 1.25. The van der Waals surface area contributed by atoms with E-state index in [2.05, 4.69) is 0 Å². The molecule has 0 N–H and O–H groups in total. The van der Waals surface area contributed by atoms with Crippen molar-refractivity contribution in [3.63, 3.8) is 0 Å². The SMILES string of the molecule is COC(=O)C(CCc1ccccc1)CN(OCc1ccccc1)C(C)=O. The first-order chi connectivity index (χ1) is 12.6. The minimum Gasteiger partial charge on any atom is -0.469 e. The van der Waals surface area contributed by atoms with E-state index in [1.165, 1.54) is 19.1 Å². The molecule has 1 amide bonds. The van der Waals surface area contributed by atoms with Crippen LogP contribution in [0.25, 0.3) is 0 Å². The minimum absolute atomic E-state index is 0.168. The number of hydroxylamine groups is 2. The van der Waals surface area contributed by atoms with Gasteiger partial charge in [0.1, 0.15) is 6.61 Å². The maximum atomic E-state index is 12.1. The van der Waals surface area contributed by atoms with Crippen LogP contribution >= 0.6 is 0 Å². The summed E-state index contributed by atoms with van der Waals surface area (Å²) >= 11 is 0. The lowest BCUT2D eigenvalue weighted by Gasteiger charge is -2.24. The molecule has 0 aliphatic carbocycles. The van der Waals surface area contributed by atoms with Gasteiger partial charge in [-0.2, -0.15) is 0 Å². The van der Waals surface area contributed by atoms with Gasteiger partial charge in [-0.25, -0.2) is 5.06 Å². The number of benzene rings is 2. The highest BCUT2D eigenvalue weighted by Crippen LogP contribution is 2.15. The third-order valence-electron chi connectivity index (χ3n) is 4.13. The van der Waals surface area contributed by atoms with Gasteiger partial charge in [0.25, 0.3) is 0 Å². The van der Waals surface area contributed by atoms with E-state index in [1.54, 1.807) is 0 Å². The number of esters is 1. The van der Waals surface area contributed by atoms with Crippen LogP contribution in [0.5, 0.6) is 0 Å². The summed E-state index contributed by atoms with van der Waals surface area (Å²) in [6.07, 6.45) is 1.31. The van der Waals surface area contributed by atoms with Crippen molar-refractivity contribution in [3.8, 4) is 0 Å². The zero-order chi connectivity index (χ0) is 18.8. The van der Waals surface area contributed by atoms with Gasteiger partial charge in [0.15, 0.2) is 0 Å². The summed E-state index contributed by atoms with van der Waals surface area (Å²) < 4.78 is 4.91. The first-order valence-electron chi connectivity index (χ1n) is 8.67. The highest BCUT2D eigenvalue weighted by Gasteiger charge is 2.24. The number of amides is 1. The molecular weight excluding hydrogens is 330 g/mol. The quantitative estimate of drug-likeness (QED) is 0.511. The molecular formula is C21H25NO4. The van der Waals surface area contributed by atoms with Gasteiger partial charge in [-0.15, -0.1) is 0 Å². The number of rotatable bonds is 9. The smallest absolute Gasteiger partial charge is 0.310 e. The highest BCUT2D eigenvalue weighted by atomic mass is 16.7. The van der Waals surface area contributed by atoms with Gasteiger partial charge in [-0.1, -0.05) is 60.7 Å². The van der Waals surface area contributed by atoms with E-state index in [9.17, 15) is 9.59 Å². The molecule has 0 spiro atoms. The molecule has 0 radical (unpaired) electrons. The van der Waals surface area contributed by atoms with E-state index >= 15 is 0 Å². The van der Waals surface area contributed by atoms with E-state index in [-0.39, 0.29) is 25.0 Å². The molecule has 0 fully saturated rings. The van der Waals surface area contributed by atoms with Crippen LogP contribution in [0.15, 0.2) is 60.7 Å². The number of carbonyl (C=O) groups excluding carboxylic acids is 2. The topological polar surface area (TPSA) is 55.8 Å². The lowest BCUT2D eigenvalue weighted by molar-refractivity contribution is -0.195. The van der Waals surface area contributed by atoms with Crippen LogP contribution in [-0.2, 0) is 32.2 Å². The van der Waals surface area contributed by atoms with Crippen LogP contribution in [0, 0.1) is 5.92 Å². The van der Waals surface area contributed by atoms with Crippen molar-refractivity contribution in [2.75, 3.05) is 13.7 Å². The lowest BCUT2D eigenvalue weighted by atomic mass is 9.99. The maximum absolute atomic E-state index is 12.1. The third kappa shape index (κ3) is 6.33. The fraction of sp³-hybridized carbons (Fsp3) is 0.333. The summed E-state index contributed by atoms with van der Waals surface area (Å²) in [5.74, 6) is -1.02. The Balaban J connectivity index is 1.98. The molecule has 5 heteroatoms. The second kappa shape index (κ2) is 10.4. The second-order valence-corrected chi connectivity index (χ2v) is 6.08. The monoisotopic (exact) mass is 355 g/mol. The Bertz CT molecular complexity index is 688. The molecule has 26 heavy (non-hydrogen) atoms. The number of aryl methyl sites for hydroxylation is 1. The Hall–Kier alpha value is -2.66. The summed E-state index contributed by atoms with van der Waals surface area (Å²) in [6, 6.07) is 19.5. The van der Waals surface area contributed by atoms with E-state index in [0.717, 1.165) is 17.5 Å². The normalized spacial score (nSPS) is 11.6. The van der Waals surface area contributed by atoms with Crippen molar-refractivity contribution < 1.29 is 19.2 Å². The van der Waals surface area contributed by atoms with Gasteiger partial charge in [0, 0.05) is 6.92 Å². The molecule has 2 aromatic carbocycles. The number of carbonyl (C=O) groups is 2. The Morgan fingerprint density at radius 2 is 1.54 bits per heavy atom. The zero-order valence-corrected chi connectivity index (χ0v) is 15.3. The van der Waals surface area contributed by atoms with Crippen molar-refractivity contribution in [2.24, 2.45) is 5.92 Å². The number of nitrogens with zero attached hydrogens (tertiary/aromatic N) is 1. The molecule has 138 valence electrons. The molecule has 0 saturated heterocycles. The number of hydrogen-bond donors (Lipinski definition) is 0. The van der Waals surface area contributed by atoms with Gasteiger partial charge in [-0.05, 0) is 24.0 Å². The fourth-order valence-corrected chi connectivity index (χ4v) is 2.63. The molecule has 0 aromatic heterocycles. The number of hydrogen-bond acceptors (Lipinski definition) is 4. The van der Waals surface area contributed by atoms with Crippen LogP contribution < -0.4 is 0 Å². The summed E-state index contributed by atoms with van der Waals surface area (Å²) in [6.45, 7) is 1.87. The molecule has 1 unspecified atom stereocenters. The van der Waals surface area contributed by atoms with Gasteiger partial charge >= 0.3 is 5.97 Å². The molecule has 0 aliphatic rings. The summed E-state index contributed by atoms with van der Waals surface area (Å²) in [5.41, 5.74) is 2.10. The van der Waals surface area contributed by atoms with Crippen LogP contribution in [0.4, 0.5) is 0 Å². The van der Waals surface area contributed by atoms with Crippen molar-refractivity contribution in [2.45, 2.75) is 26.4 Å². The van der Waals surface area contributed by atoms with Crippen molar-refractivity contribution >= 4 is 11.9 Å².